The standard InChI is InChI=1S/C12H17Cl2N/c1-8(6-7-15)9(2)10-4-3-5-11(13)12(10)14/h3-5,8-9H,6-7,15H2,1-2H3. The number of benzene rings is 1. The van der Waals surface area contributed by atoms with E-state index >= 15 is 0 Å². The first-order chi connectivity index (χ1) is 7.07. The summed E-state index contributed by atoms with van der Waals surface area (Å²) in [7, 11) is 0. The zero-order valence-corrected chi connectivity index (χ0v) is 10.6. The van der Waals surface area contributed by atoms with Crippen LogP contribution in [0.2, 0.25) is 10.0 Å². The zero-order valence-electron chi connectivity index (χ0n) is 9.13. The van der Waals surface area contributed by atoms with Crippen molar-refractivity contribution in [3.05, 3.63) is 33.8 Å². The van der Waals surface area contributed by atoms with Crippen LogP contribution in [-0.4, -0.2) is 6.54 Å². The molecule has 0 aromatic heterocycles. The number of nitrogens with two attached hydrogens (primary N) is 1. The van der Waals surface area contributed by atoms with E-state index in [1.165, 1.54) is 0 Å². The van der Waals surface area contributed by atoms with Crippen molar-refractivity contribution in [1.29, 1.82) is 0 Å². The molecule has 15 heavy (non-hydrogen) atoms. The summed E-state index contributed by atoms with van der Waals surface area (Å²) in [4.78, 5) is 0. The molecule has 1 aromatic carbocycles. The second kappa shape index (κ2) is 5.74. The summed E-state index contributed by atoms with van der Waals surface area (Å²) in [5, 5.41) is 1.30. The van der Waals surface area contributed by atoms with Crippen molar-refractivity contribution in [1.82, 2.24) is 0 Å². The molecular weight excluding hydrogens is 229 g/mol. The maximum Gasteiger partial charge on any atom is 0.0627 e. The van der Waals surface area contributed by atoms with E-state index in [1.54, 1.807) is 0 Å². The normalized spacial score (nSPS) is 15.0. The van der Waals surface area contributed by atoms with Gasteiger partial charge in [-0.15, -0.1) is 0 Å². The summed E-state index contributed by atoms with van der Waals surface area (Å²) >= 11 is 12.2. The summed E-state index contributed by atoms with van der Waals surface area (Å²) in [6.07, 6.45) is 1.00. The van der Waals surface area contributed by atoms with E-state index < -0.39 is 0 Å². The molecule has 0 fully saturated rings. The first-order valence-electron chi connectivity index (χ1n) is 5.22. The highest BCUT2D eigenvalue weighted by molar-refractivity contribution is 6.42. The van der Waals surface area contributed by atoms with Crippen molar-refractivity contribution in [3.63, 3.8) is 0 Å². The maximum atomic E-state index is 6.17. The predicted molar refractivity (Wildman–Crippen MR) is 67.7 cm³/mol. The number of halogens is 2. The number of rotatable bonds is 4. The molecule has 0 amide bonds. The maximum absolute atomic E-state index is 6.17. The van der Waals surface area contributed by atoms with Gasteiger partial charge in [-0.3, -0.25) is 0 Å². The highest BCUT2D eigenvalue weighted by Gasteiger charge is 2.17. The van der Waals surface area contributed by atoms with Gasteiger partial charge in [0, 0.05) is 0 Å². The van der Waals surface area contributed by atoms with Gasteiger partial charge in [-0.25, -0.2) is 0 Å². The van der Waals surface area contributed by atoms with Gasteiger partial charge in [0.2, 0.25) is 0 Å². The fourth-order valence-electron chi connectivity index (χ4n) is 1.69. The third-order valence-corrected chi connectivity index (χ3v) is 3.78. The SMILES string of the molecule is CC(CCN)C(C)c1cccc(Cl)c1Cl. The molecule has 0 radical (unpaired) electrons. The van der Waals surface area contributed by atoms with Crippen LogP contribution in [0.3, 0.4) is 0 Å². The van der Waals surface area contributed by atoms with Gasteiger partial charge in [-0.2, -0.15) is 0 Å². The minimum atomic E-state index is 0.389. The van der Waals surface area contributed by atoms with E-state index in [4.69, 9.17) is 28.9 Å². The van der Waals surface area contributed by atoms with Gasteiger partial charge in [-0.05, 0) is 36.4 Å². The molecule has 0 saturated heterocycles. The van der Waals surface area contributed by atoms with Crippen LogP contribution in [-0.2, 0) is 0 Å². The summed E-state index contributed by atoms with van der Waals surface area (Å²) in [6, 6.07) is 5.79. The zero-order chi connectivity index (χ0) is 11.4. The largest absolute Gasteiger partial charge is 0.330 e. The van der Waals surface area contributed by atoms with E-state index in [0.29, 0.717) is 28.4 Å². The molecule has 0 aliphatic heterocycles. The fourth-order valence-corrected chi connectivity index (χ4v) is 2.17. The van der Waals surface area contributed by atoms with Crippen LogP contribution < -0.4 is 5.73 Å². The lowest BCUT2D eigenvalue weighted by Crippen LogP contribution is -2.12. The molecule has 0 heterocycles. The molecule has 1 nitrogen and oxygen atoms in total. The third-order valence-electron chi connectivity index (χ3n) is 2.95. The predicted octanol–water partition coefficient (Wildman–Crippen LogP) is 4.08. The Morgan fingerprint density at radius 1 is 1.27 bits per heavy atom. The molecule has 2 N–H and O–H groups in total. The van der Waals surface area contributed by atoms with Crippen LogP contribution >= 0.6 is 23.2 Å². The average Bonchev–Trinajstić information content (AvgIpc) is 2.21. The van der Waals surface area contributed by atoms with Gasteiger partial charge >= 0.3 is 0 Å². The monoisotopic (exact) mass is 245 g/mol. The summed E-state index contributed by atoms with van der Waals surface area (Å²) in [6.45, 7) is 5.07. The lowest BCUT2D eigenvalue weighted by molar-refractivity contribution is 0.459. The van der Waals surface area contributed by atoms with E-state index in [-0.39, 0.29) is 0 Å². The van der Waals surface area contributed by atoms with Crippen LogP contribution in [0.25, 0.3) is 0 Å². The van der Waals surface area contributed by atoms with Gasteiger partial charge < -0.3 is 5.73 Å². The van der Waals surface area contributed by atoms with Gasteiger partial charge in [-0.1, -0.05) is 49.2 Å². The Labute approximate surface area is 102 Å². The van der Waals surface area contributed by atoms with Gasteiger partial charge in [0.05, 0.1) is 10.0 Å². The van der Waals surface area contributed by atoms with E-state index in [9.17, 15) is 0 Å². The Balaban J connectivity index is 2.90. The van der Waals surface area contributed by atoms with Crippen molar-refractivity contribution in [2.45, 2.75) is 26.2 Å². The molecule has 1 rings (SSSR count). The molecule has 0 bridgehead atoms. The van der Waals surface area contributed by atoms with E-state index in [2.05, 4.69) is 13.8 Å². The first-order valence-corrected chi connectivity index (χ1v) is 5.97. The minimum absolute atomic E-state index is 0.389. The quantitative estimate of drug-likeness (QED) is 0.850. The first kappa shape index (κ1) is 12.8. The van der Waals surface area contributed by atoms with Crippen LogP contribution in [0.15, 0.2) is 18.2 Å². The molecule has 0 saturated carbocycles. The molecular formula is C12H17Cl2N. The van der Waals surface area contributed by atoms with Crippen LogP contribution in [0, 0.1) is 5.92 Å². The Bertz CT molecular complexity index is 325. The topological polar surface area (TPSA) is 26.0 Å². The Hall–Kier alpha value is -0.240. The smallest absolute Gasteiger partial charge is 0.0627 e. The van der Waals surface area contributed by atoms with Crippen molar-refractivity contribution < 1.29 is 0 Å². The molecule has 2 atom stereocenters. The molecule has 0 aliphatic carbocycles. The van der Waals surface area contributed by atoms with E-state index in [1.807, 2.05) is 18.2 Å². The van der Waals surface area contributed by atoms with Gasteiger partial charge in [0.1, 0.15) is 0 Å². The summed E-state index contributed by atoms with van der Waals surface area (Å²) in [5.74, 6) is 0.908. The number of hydrogen-bond donors (Lipinski definition) is 1. The minimum Gasteiger partial charge on any atom is -0.330 e. The molecule has 0 spiro atoms. The second-order valence-electron chi connectivity index (χ2n) is 3.99. The molecule has 3 heteroatoms. The molecule has 2 unspecified atom stereocenters. The molecule has 1 aromatic rings. The fraction of sp³-hybridized carbons (Fsp3) is 0.500. The summed E-state index contributed by atoms with van der Waals surface area (Å²) in [5.41, 5.74) is 6.67. The van der Waals surface area contributed by atoms with E-state index in [0.717, 1.165) is 12.0 Å². The highest BCUT2D eigenvalue weighted by Crippen LogP contribution is 2.35. The van der Waals surface area contributed by atoms with Crippen LogP contribution in [0.1, 0.15) is 31.7 Å². The Morgan fingerprint density at radius 3 is 2.53 bits per heavy atom. The van der Waals surface area contributed by atoms with Crippen molar-refractivity contribution in [2.24, 2.45) is 11.7 Å². The Morgan fingerprint density at radius 2 is 1.93 bits per heavy atom. The highest BCUT2D eigenvalue weighted by atomic mass is 35.5. The summed E-state index contributed by atoms with van der Waals surface area (Å²) < 4.78 is 0. The average molecular weight is 246 g/mol. The van der Waals surface area contributed by atoms with Crippen LogP contribution in [0.4, 0.5) is 0 Å². The van der Waals surface area contributed by atoms with Crippen LogP contribution in [0.5, 0.6) is 0 Å². The van der Waals surface area contributed by atoms with Crippen molar-refractivity contribution >= 4 is 23.2 Å². The second-order valence-corrected chi connectivity index (χ2v) is 4.77. The van der Waals surface area contributed by atoms with Crippen molar-refractivity contribution in [2.75, 3.05) is 6.54 Å². The molecule has 0 aliphatic rings. The lowest BCUT2D eigenvalue weighted by atomic mass is 9.87. The molecule has 84 valence electrons. The van der Waals surface area contributed by atoms with Crippen molar-refractivity contribution in [3.8, 4) is 0 Å². The Kier molecular flexibility index (Phi) is 4.91. The lowest BCUT2D eigenvalue weighted by Gasteiger charge is -2.21. The van der Waals surface area contributed by atoms with Gasteiger partial charge in [0.15, 0.2) is 0 Å². The third kappa shape index (κ3) is 3.10. The number of hydrogen-bond acceptors (Lipinski definition) is 1. The van der Waals surface area contributed by atoms with Gasteiger partial charge in [0.25, 0.3) is 0 Å².